The Morgan fingerprint density at radius 3 is 2.89 bits per heavy atom. The van der Waals surface area contributed by atoms with E-state index in [1.165, 1.54) is 16.8 Å². The van der Waals surface area contributed by atoms with E-state index in [9.17, 15) is 4.79 Å². The highest BCUT2D eigenvalue weighted by Crippen LogP contribution is 2.32. The molecule has 0 atom stereocenters. The Hall–Kier alpha value is -3.14. The Balaban J connectivity index is 1.52. The van der Waals surface area contributed by atoms with Crippen LogP contribution in [0.4, 0.5) is 11.5 Å². The van der Waals surface area contributed by atoms with E-state index in [1.54, 1.807) is 12.3 Å². The van der Waals surface area contributed by atoms with E-state index in [0.29, 0.717) is 12.1 Å². The van der Waals surface area contributed by atoms with Crippen molar-refractivity contribution in [1.29, 1.82) is 0 Å². The van der Waals surface area contributed by atoms with Crippen LogP contribution in [0.5, 0.6) is 0 Å². The molecule has 0 spiro atoms. The van der Waals surface area contributed by atoms with Crippen LogP contribution in [0.1, 0.15) is 33.5 Å². The van der Waals surface area contributed by atoms with Gasteiger partial charge in [0.1, 0.15) is 5.82 Å². The molecule has 0 saturated heterocycles. The molecule has 1 amide bonds. The molecule has 0 unspecified atom stereocenters. The van der Waals surface area contributed by atoms with Gasteiger partial charge in [-0.2, -0.15) is 0 Å². The third-order valence-electron chi connectivity index (χ3n) is 4.93. The van der Waals surface area contributed by atoms with Crippen LogP contribution in [0.25, 0.3) is 0 Å². The summed E-state index contributed by atoms with van der Waals surface area (Å²) in [5.74, 6) is 0.746. The highest BCUT2D eigenvalue weighted by Gasteiger charge is 2.19. The molecule has 0 saturated carbocycles. The number of nitrogens with zero attached hydrogens (tertiary/aromatic N) is 2. The molecule has 27 heavy (non-hydrogen) atoms. The molecule has 1 aromatic heterocycles. The molecule has 3 aromatic rings. The standard InChI is InChI=1S/C23H23N3O/c1-17-6-4-7-18(14-17)16-25-23(27)20-11-12-24-22(15-20)26-13-5-9-19-8-2-3-10-21(19)26/h2-4,6-8,10-12,14-15H,5,9,13,16H2,1H3,(H,25,27). The Morgan fingerprint density at radius 2 is 2.00 bits per heavy atom. The topological polar surface area (TPSA) is 45.2 Å². The highest BCUT2D eigenvalue weighted by molar-refractivity contribution is 5.95. The molecule has 2 heterocycles. The summed E-state index contributed by atoms with van der Waals surface area (Å²) >= 11 is 0. The third kappa shape index (κ3) is 3.85. The molecular weight excluding hydrogens is 334 g/mol. The van der Waals surface area contributed by atoms with Gasteiger partial charge in [-0.3, -0.25) is 4.79 Å². The number of carbonyl (C=O) groups excluding carboxylic acids is 1. The van der Waals surface area contributed by atoms with E-state index >= 15 is 0 Å². The lowest BCUT2D eigenvalue weighted by molar-refractivity contribution is 0.0951. The minimum atomic E-state index is -0.0783. The van der Waals surface area contributed by atoms with Crippen molar-refractivity contribution < 1.29 is 4.79 Å². The van der Waals surface area contributed by atoms with Gasteiger partial charge in [0.15, 0.2) is 0 Å². The molecule has 1 aliphatic heterocycles. The van der Waals surface area contributed by atoms with E-state index in [4.69, 9.17) is 0 Å². The first-order valence-electron chi connectivity index (χ1n) is 9.36. The monoisotopic (exact) mass is 357 g/mol. The number of para-hydroxylation sites is 1. The van der Waals surface area contributed by atoms with Gasteiger partial charge < -0.3 is 10.2 Å². The van der Waals surface area contributed by atoms with Gasteiger partial charge in [-0.05, 0) is 49.1 Å². The lowest BCUT2D eigenvalue weighted by Gasteiger charge is -2.30. The minimum Gasteiger partial charge on any atom is -0.348 e. The fourth-order valence-electron chi connectivity index (χ4n) is 3.59. The van der Waals surface area contributed by atoms with Gasteiger partial charge in [0.05, 0.1) is 0 Å². The SMILES string of the molecule is Cc1cccc(CNC(=O)c2ccnc(N3CCCc4ccccc43)c2)c1. The van der Waals surface area contributed by atoms with Crippen LogP contribution in [0, 0.1) is 6.92 Å². The second kappa shape index (κ2) is 7.62. The Bertz CT molecular complexity index is 967. The van der Waals surface area contributed by atoms with Gasteiger partial charge >= 0.3 is 0 Å². The number of fused-ring (bicyclic) bond motifs is 1. The number of aromatic nitrogens is 1. The maximum Gasteiger partial charge on any atom is 0.251 e. The lowest BCUT2D eigenvalue weighted by Crippen LogP contribution is -2.26. The zero-order valence-corrected chi connectivity index (χ0v) is 15.5. The van der Waals surface area contributed by atoms with Gasteiger partial charge in [0.25, 0.3) is 5.91 Å². The van der Waals surface area contributed by atoms with Gasteiger partial charge in [-0.25, -0.2) is 4.98 Å². The molecule has 1 aliphatic rings. The zero-order chi connectivity index (χ0) is 18.6. The molecule has 0 fully saturated rings. The quantitative estimate of drug-likeness (QED) is 0.752. The molecule has 4 heteroatoms. The van der Waals surface area contributed by atoms with Crippen LogP contribution in [0.2, 0.25) is 0 Å². The first-order valence-corrected chi connectivity index (χ1v) is 9.36. The van der Waals surface area contributed by atoms with Crippen LogP contribution in [0.3, 0.4) is 0 Å². The summed E-state index contributed by atoms with van der Waals surface area (Å²) in [6.45, 7) is 3.49. The maximum atomic E-state index is 12.6. The summed E-state index contributed by atoms with van der Waals surface area (Å²) in [5, 5.41) is 3.01. The minimum absolute atomic E-state index is 0.0783. The van der Waals surface area contributed by atoms with Crippen molar-refractivity contribution in [3.8, 4) is 0 Å². The van der Waals surface area contributed by atoms with Crippen LogP contribution in [-0.4, -0.2) is 17.4 Å². The summed E-state index contributed by atoms with van der Waals surface area (Å²) < 4.78 is 0. The highest BCUT2D eigenvalue weighted by atomic mass is 16.1. The molecule has 136 valence electrons. The van der Waals surface area contributed by atoms with E-state index in [0.717, 1.165) is 30.8 Å². The van der Waals surface area contributed by atoms with Gasteiger partial charge in [0.2, 0.25) is 0 Å². The summed E-state index contributed by atoms with van der Waals surface area (Å²) in [7, 11) is 0. The number of pyridine rings is 1. The van der Waals surface area contributed by atoms with Crippen molar-refractivity contribution in [3.05, 3.63) is 89.1 Å². The maximum absolute atomic E-state index is 12.6. The molecule has 0 bridgehead atoms. The molecule has 0 aliphatic carbocycles. The molecular formula is C23H23N3O. The summed E-state index contributed by atoms with van der Waals surface area (Å²) in [4.78, 5) is 19.4. The number of aryl methyl sites for hydroxylation is 2. The van der Waals surface area contributed by atoms with Crippen molar-refractivity contribution in [3.63, 3.8) is 0 Å². The van der Waals surface area contributed by atoms with Crippen molar-refractivity contribution in [1.82, 2.24) is 10.3 Å². The predicted octanol–water partition coefficient (Wildman–Crippen LogP) is 4.40. The van der Waals surface area contributed by atoms with Crippen LogP contribution < -0.4 is 10.2 Å². The van der Waals surface area contributed by atoms with Gasteiger partial charge in [-0.1, -0.05) is 48.0 Å². The summed E-state index contributed by atoms with van der Waals surface area (Å²) in [6, 6.07) is 20.2. The zero-order valence-electron chi connectivity index (χ0n) is 15.5. The molecule has 2 aromatic carbocycles. The van der Waals surface area contributed by atoms with E-state index in [-0.39, 0.29) is 5.91 Å². The average molecular weight is 357 g/mol. The van der Waals surface area contributed by atoms with Crippen molar-refractivity contribution >= 4 is 17.4 Å². The van der Waals surface area contributed by atoms with E-state index in [2.05, 4.69) is 58.5 Å². The third-order valence-corrected chi connectivity index (χ3v) is 4.93. The predicted molar refractivity (Wildman–Crippen MR) is 108 cm³/mol. The summed E-state index contributed by atoms with van der Waals surface area (Å²) in [6.07, 6.45) is 3.89. The molecule has 4 rings (SSSR count). The molecule has 1 N–H and O–H groups in total. The fourth-order valence-corrected chi connectivity index (χ4v) is 3.59. The van der Waals surface area contributed by atoms with Crippen molar-refractivity contribution in [2.45, 2.75) is 26.3 Å². The second-order valence-electron chi connectivity index (χ2n) is 6.96. The molecule has 4 nitrogen and oxygen atoms in total. The number of carbonyl (C=O) groups is 1. The van der Waals surface area contributed by atoms with E-state index in [1.807, 2.05) is 18.2 Å². The number of amides is 1. The van der Waals surface area contributed by atoms with Gasteiger partial charge in [-0.15, -0.1) is 0 Å². The number of hydrogen-bond donors (Lipinski definition) is 1. The number of nitrogens with one attached hydrogen (secondary N) is 1. The Kier molecular flexibility index (Phi) is 4.88. The van der Waals surface area contributed by atoms with E-state index < -0.39 is 0 Å². The first-order chi connectivity index (χ1) is 13.2. The largest absolute Gasteiger partial charge is 0.348 e. The number of hydrogen-bond acceptors (Lipinski definition) is 3. The average Bonchev–Trinajstić information content (AvgIpc) is 2.72. The first kappa shape index (κ1) is 17.3. The second-order valence-corrected chi connectivity index (χ2v) is 6.96. The Labute approximate surface area is 159 Å². The number of rotatable bonds is 4. The molecule has 0 radical (unpaired) electrons. The van der Waals surface area contributed by atoms with Crippen molar-refractivity contribution in [2.75, 3.05) is 11.4 Å². The summed E-state index contributed by atoms with van der Waals surface area (Å²) in [5.41, 5.74) is 5.45. The van der Waals surface area contributed by atoms with Crippen LogP contribution in [-0.2, 0) is 13.0 Å². The smallest absolute Gasteiger partial charge is 0.251 e. The normalized spacial score (nSPS) is 13.1. The van der Waals surface area contributed by atoms with Crippen LogP contribution >= 0.6 is 0 Å². The van der Waals surface area contributed by atoms with Gasteiger partial charge in [0, 0.05) is 30.5 Å². The lowest BCUT2D eigenvalue weighted by atomic mass is 10.0. The number of anilines is 2. The van der Waals surface area contributed by atoms with Crippen molar-refractivity contribution in [2.24, 2.45) is 0 Å². The van der Waals surface area contributed by atoms with Crippen LogP contribution in [0.15, 0.2) is 66.9 Å². The fraction of sp³-hybridized carbons (Fsp3) is 0.217. The Morgan fingerprint density at radius 1 is 1.11 bits per heavy atom. The number of benzene rings is 2.